The molecule has 1 aliphatic heterocycles. The number of piperidine rings is 1. The van der Waals surface area contributed by atoms with Gasteiger partial charge in [0.1, 0.15) is 0 Å². The molecule has 1 aromatic rings. The predicted molar refractivity (Wildman–Crippen MR) is 111 cm³/mol. The Balaban J connectivity index is 1.33. The van der Waals surface area contributed by atoms with E-state index in [2.05, 4.69) is 50.3 Å². The largest absolute Gasteiger partial charge is 0.392 e. The Labute approximate surface area is 168 Å². The SMILES string of the molecule is CC1(C)C(O)[C@]2(CS(=O)(=O)N3CCC4(C=Cc5ccccc54)CC3)CC[C@H]1C2. The summed E-state index contributed by atoms with van der Waals surface area (Å²) in [5, 5.41) is 10.9. The number of allylic oxidation sites excluding steroid dienone is 1. The van der Waals surface area contributed by atoms with Gasteiger partial charge in [-0.2, -0.15) is 0 Å². The lowest BCUT2D eigenvalue weighted by Crippen LogP contribution is -2.50. The summed E-state index contributed by atoms with van der Waals surface area (Å²) in [6, 6.07) is 8.47. The third-order valence-corrected chi connectivity index (χ3v) is 10.6. The fourth-order valence-corrected chi connectivity index (χ4v) is 8.82. The van der Waals surface area contributed by atoms with Crippen molar-refractivity contribution in [3.63, 3.8) is 0 Å². The van der Waals surface area contributed by atoms with Gasteiger partial charge in [-0.05, 0) is 54.6 Å². The molecule has 1 heterocycles. The Morgan fingerprint density at radius 3 is 2.54 bits per heavy atom. The Hall–Kier alpha value is -1.17. The molecule has 4 nitrogen and oxygen atoms in total. The second kappa shape index (κ2) is 5.93. The van der Waals surface area contributed by atoms with Crippen LogP contribution in [0.5, 0.6) is 0 Å². The van der Waals surface area contributed by atoms with E-state index in [-0.39, 0.29) is 16.6 Å². The lowest BCUT2D eigenvalue weighted by Gasteiger charge is -2.43. The number of nitrogens with zero attached hydrogens (tertiary/aromatic N) is 1. The summed E-state index contributed by atoms with van der Waals surface area (Å²) in [5.41, 5.74) is 2.00. The normalized spacial score (nSPS) is 35.5. The molecule has 28 heavy (non-hydrogen) atoms. The van der Waals surface area contributed by atoms with Crippen molar-refractivity contribution in [1.82, 2.24) is 4.31 Å². The van der Waals surface area contributed by atoms with E-state index in [1.807, 2.05) is 0 Å². The summed E-state index contributed by atoms with van der Waals surface area (Å²) in [7, 11) is -3.37. The zero-order valence-electron chi connectivity index (χ0n) is 16.9. The number of fused-ring (bicyclic) bond motifs is 4. The highest BCUT2D eigenvalue weighted by Crippen LogP contribution is 2.63. The number of rotatable bonds is 3. The van der Waals surface area contributed by atoms with Gasteiger partial charge in [0.2, 0.25) is 10.0 Å². The van der Waals surface area contributed by atoms with Crippen LogP contribution in [0, 0.1) is 16.7 Å². The van der Waals surface area contributed by atoms with Gasteiger partial charge in [-0.15, -0.1) is 0 Å². The van der Waals surface area contributed by atoms with Gasteiger partial charge < -0.3 is 5.11 Å². The summed E-state index contributed by atoms with van der Waals surface area (Å²) in [6.45, 7) is 5.34. The van der Waals surface area contributed by atoms with E-state index in [4.69, 9.17) is 0 Å². The average Bonchev–Trinajstić information content (AvgIpc) is 3.29. The van der Waals surface area contributed by atoms with Gasteiger partial charge in [-0.3, -0.25) is 0 Å². The smallest absolute Gasteiger partial charge is 0.214 e. The first kappa shape index (κ1) is 18.8. The lowest BCUT2D eigenvalue weighted by molar-refractivity contribution is -0.0330. The van der Waals surface area contributed by atoms with Crippen LogP contribution < -0.4 is 0 Å². The fraction of sp³-hybridized carbons (Fsp3) is 0.652. The molecule has 1 spiro atoms. The van der Waals surface area contributed by atoms with Gasteiger partial charge in [0.25, 0.3) is 0 Å². The van der Waals surface area contributed by atoms with Gasteiger partial charge in [-0.25, -0.2) is 12.7 Å². The van der Waals surface area contributed by atoms with Crippen LogP contribution >= 0.6 is 0 Å². The van der Waals surface area contributed by atoms with Gasteiger partial charge in [0.05, 0.1) is 11.9 Å². The Morgan fingerprint density at radius 1 is 1.14 bits per heavy atom. The fourth-order valence-electron chi connectivity index (χ4n) is 6.75. The number of hydrogen-bond donors (Lipinski definition) is 1. The highest BCUT2D eigenvalue weighted by atomic mass is 32.2. The van der Waals surface area contributed by atoms with E-state index >= 15 is 0 Å². The molecular weight excluding hydrogens is 370 g/mol. The highest BCUT2D eigenvalue weighted by Gasteiger charge is 2.62. The standard InChI is InChI=1S/C23H31NO3S/c1-21(2)18-8-10-23(15-18,20(21)25)16-28(26,27)24-13-11-22(12-14-24)9-7-17-5-3-4-6-19(17)22/h3-7,9,18,20,25H,8,10-16H2,1-2H3/t18-,20?,23+/m0/s1. The maximum absolute atomic E-state index is 13.3. The van der Waals surface area contributed by atoms with Gasteiger partial charge in [0.15, 0.2) is 0 Å². The van der Waals surface area contributed by atoms with Crippen molar-refractivity contribution < 1.29 is 13.5 Å². The van der Waals surface area contributed by atoms with Crippen LogP contribution in [0.15, 0.2) is 30.3 Å². The molecule has 4 aliphatic rings. The van der Waals surface area contributed by atoms with Crippen molar-refractivity contribution in [2.75, 3.05) is 18.8 Å². The van der Waals surface area contributed by atoms with Crippen molar-refractivity contribution in [3.05, 3.63) is 41.5 Å². The topological polar surface area (TPSA) is 57.6 Å². The average molecular weight is 402 g/mol. The summed E-state index contributed by atoms with van der Waals surface area (Å²) >= 11 is 0. The summed E-state index contributed by atoms with van der Waals surface area (Å²) in [4.78, 5) is 0. The molecule has 1 N–H and O–H groups in total. The van der Waals surface area contributed by atoms with Crippen molar-refractivity contribution in [2.24, 2.45) is 16.7 Å². The first-order valence-electron chi connectivity index (χ1n) is 10.6. The van der Waals surface area contributed by atoms with E-state index in [0.29, 0.717) is 19.0 Å². The molecule has 2 saturated carbocycles. The minimum atomic E-state index is -3.37. The zero-order chi connectivity index (χ0) is 19.8. The molecule has 2 bridgehead atoms. The molecule has 0 amide bonds. The maximum atomic E-state index is 13.3. The number of hydrogen-bond acceptors (Lipinski definition) is 3. The van der Waals surface area contributed by atoms with E-state index in [1.54, 1.807) is 4.31 Å². The second-order valence-corrected chi connectivity index (χ2v) is 12.2. The van der Waals surface area contributed by atoms with E-state index in [9.17, 15) is 13.5 Å². The third-order valence-electron chi connectivity index (χ3n) is 8.54. The molecule has 3 fully saturated rings. The minimum Gasteiger partial charge on any atom is -0.392 e. The molecule has 3 atom stereocenters. The summed E-state index contributed by atoms with van der Waals surface area (Å²) in [5.74, 6) is 0.558. The Kier molecular flexibility index (Phi) is 3.99. The minimum absolute atomic E-state index is 0.00574. The molecule has 1 saturated heterocycles. The molecule has 0 aromatic heterocycles. The van der Waals surface area contributed by atoms with Crippen LogP contribution in [0.3, 0.4) is 0 Å². The number of aliphatic hydroxyl groups is 1. The van der Waals surface area contributed by atoms with Crippen molar-refractivity contribution in [3.8, 4) is 0 Å². The predicted octanol–water partition coefficient (Wildman–Crippen LogP) is 3.56. The zero-order valence-corrected chi connectivity index (χ0v) is 17.7. The molecule has 5 heteroatoms. The summed E-state index contributed by atoms with van der Waals surface area (Å²) in [6.07, 6.45) is 8.37. The number of benzene rings is 1. The van der Waals surface area contributed by atoms with Crippen LogP contribution in [-0.4, -0.2) is 42.8 Å². The molecular formula is C23H31NO3S. The van der Waals surface area contributed by atoms with Crippen LogP contribution in [-0.2, 0) is 15.4 Å². The molecule has 152 valence electrons. The number of sulfonamides is 1. The molecule has 1 unspecified atom stereocenters. The third kappa shape index (κ3) is 2.52. The van der Waals surface area contributed by atoms with Crippen LogP contribution in [0.25, 0.3) is 6.08 Å². The van der Waals surface area contributed by atoms with E-state index in [0.717, 1.165) is 32.1 Å². The van der Waals surface area contributed by atoms with E-state index < -0.39 is 21.5 Å². The number of aliphatic hydroxyl groups excluding tert-OH is 1. The first-order valence-corrected chi connectivity index (χ1v) is 12.2. The van der Waals surface area contributed by atoms with Gasteiger partial charge in [-0.1, -0.05) is 50.3 Å². The Bertz CT molecular complexity index is 927. The van der Waals surface area contributed by atoms with Crippen LogP contribution in [0.4, 0.5) is 0 Å². The van der Waals surface area contributed by atoms with Gasteiger partial charge in [0, 0.05) is 23.9 Å². The monoisotopic (exact) mass is 401 g/mol. The molecule has 1 aromatic carbocycles. The van der Waals surface area contributed by atoms with Crippen LogP contribution in [0.2, 0.25) is 0 Å². The van der Waals surface area contributed by atoms with Gasteiger partial charge >= 0.3 is 0 Å². The molecule has 3 aliphatic carbocycles. The van der Waals surface area contributed by atoms with E-state index in [1.165, 1.54) is 11.1 Å². The maximum Gasteiger partial charge on any atom is 0.214 e. The quantitative estimate of drug-likeness (QED) is 0.842. The molecule has 5 rings (SSSR count). The van der Waals surface area contributed by atoms with Crippen LogP contribution in [0.1, 0.15) is 57.1 Å². The van der Waals surface area contributed by atoms with Crippen molar-refractivity contribution in [2.45, 2.75) is 57.5 Å². The highest BCUT2D eigenvalue weighted by molar-refractivity contribution is 7.89. The second-order valence-electron chi connectivity index (χ2n) is 10.3. The molecule has 0 radical (unpaired) electrons. The Morgan fingerprint density at radius 2 is 1.86 bits per heavy atom. The summed E-state index contributed by atoms with van der Waals surface area (Å²) < 4.78 is 28.4. The van der Waals surface area contributed by atoms with Crippen molar-refractivity contribution >= 4 is 16.1 Å². The first-order chi connectivity index (χ1) is 13.2. The van der Waals surface area contributed by atoms with Crippen molar-refractivity contribution in [1.29, 1.82) is 0 Å². The lowest BCUT2D eigenvalue weighted by atomic mass is 9.70.